The summed E-state index contributed by atoms with van der Waals surface area (Å²) in [6.07, 6.45) is 17.6. The molecule has 4 aromatic heterocycles. The second kappa shape index (κ2) is 19.7. The van der Waals surface area contributed by atoms with Gasteiger partial charge in [0.2, 0.25) is 0 Å². The summed E-state index contributed by atoms with van der Waals surface area (Å²) in [5.74, 6) is 4.07. The van der Waals surface area contributed by atoms with Gasteiger partial charge in [-0.05, 0) is 85.6 Å². The maximum absolute atomic E-state index is 16.3. The van der Waals surface area contributed by atoms with Crippen LogP contribution >= 0.6 is 0 Å². The molecule has 0 amide bonds. The first kappa shape index (κ1) is 49.7. The zero-order valence-electron chi connectivity index (χ0n) is 42.3. The van der Waals surface area contributed by atoms with Crippen molar-refractivity contribution < 1.29 is 32.1 Å². The van der Waals surface area contributed by atoms with Crippen LogP contribution in [0, 0.1) is 36.3 Å². The Kier molecular flexibility index (Phi) is 13.0. The molecule has 75 heavy (non-hydrogen) atoms. The van der Waals surface area contributed by atoms with Crippen molar-refractivity contribution in [3.8, 4) is 65.0 Å². The number of phenolic OH excluding ortho intramolecular Hbond substituents is 1. The van der Waals surface area contributed by atoms with E-state index in [0.29, 0.717) is 81.1 Å². The lowest BCUT2D eigenvalue weighted by molar-refractivity contribution is 0.107. The second-order valence-corrected chi connectivity index (χ2v) is 21.1. The zero-order valence-corrected chi connectivity index (χ0v) is 42.3. The molecule has 0 saturated carbocycles. The Morgan fingerprint density at radius 3 is 1.61 bits per heavy atom. The van der Waals surface area contributed by atoms with Crippen LogP contribution in [0.25, 0.3) is 65.9 Å². The van der Waals surface area contributed by atoms with Crippen LogP contribution in [0.1, 0.15) is 101 Å². The Bertz CT molecular complexity index is 3650. The van der Waals surface area contributed by atoms with Crippen molar-refractivity contribution in [1.82, 2.24) is 39.7 Å². The van der Waals surface area contributed by atoms with Crippen LogP contribution in [-0.4, -0.2) is 108 Å². The predicted octanol–water partition coefficient (Wildman–Crippen LogP) is 11.8. The zero-order chi connectivity index (χ0) is 52.3. The number of ether oxygens (including phenoxy) is 2. The predicted molar refractivity (Wildman–Crippen MR) is 283 cm³/mol. The molecule has 0 aliphatic carbocycles. The number of pyridine rings is 2. The van der Waals surface area contributed by atoms with Crippen molar-refractivity contribution in [3.63, 3.8) is 0 Å². The monoisotopic (exact) mass is 1010 g/mol. The first-order chi connectivity index (χ1) is 36.2. The number of hydrogen-bond donors (Lipinski definition) is 1. The fourth-order valence-electron chi connectivity index (χ4n) is 12.2. The quantitative estimate of drug-likeness (QED) is 0.104. The lowest BCUT2D eigenvalue weighted by Gasteiger charge is -2.30. The molecule has 12 rings (SSSR count). The van der Waals surface area contributed by atoms with Crippen LogP contribution in [0.3, 0.4) is 0 Å². The summed E-state index contributed by atoms with van der Waals surface area (Å²) in [6, 6.07) is 19.9. The third kappa shape index (κ3) is 8.89. The minimum Gasteiger partial charge on any atom is -0.508 e. The number of halogens is 4. The highest BCUT2D eigenvalue weighted by Gasteiger charge is 2.50. The molecule has 11 nitrogen and oxygen atoms in total. The molecule has 4 fully saturated rings. The molecular formula is C60H56F4N8O3. The lowest BCUT2D eigenvalue weighted by atomic mass is 9.95. The molecule has 4 atom stereocenters. The van der Waals surface area contributed by atoms with Gasteiger partial charge in [-0.25, -0.2) is 17.6 Å². The number of benzene rings is 4. The molecule has 382 valence electrons. The van der Waals surface area contributed by atoms with Gasteiger partial charge in [-0.3, -0.25) is 19.8 Å². The van der Waals surface area contributed by atoms with E-state index in [9.17, 15) is 13.9 Å². The van der Waals surface area contributed by atoms with Gasteiger partial charge < -0.3 is 14.6 Å². The molecule has 4 saturated heterocycles. The van der Waals surface area contributed by atoms with Crippen molar-refractivity contribution >= 4 is 43.4 Å². The maximum Gasteiger partial charge on any atom is 0.317 e. The number of hydrogen-bond acceptors (Lipinski definition) is 11. The van der Waals surface area contributed by atoms with Crippen molar-refractivity contribution in [2.45, 2.75) is 101 Å². The van der Waals surface area contributed by atoms with Crippen LogP contribution in [0.2, 0.25) is 0 Å². The molecule has 15 heteroatoms. The number of nitrogens with zero attached hydrogens (tertiary/aromatic N) is 8. The van der Waals surface area contributed by atoms with Crippen molar-refractivity contribution in [2.24, 2.45) is 0 Å². The third-order valence-electron chi connectivity index (χ3n) is 15.6. The van der Waals surface area contributed by atoms with Crippen LogP contribution in [-0.2, 0) is 0 Å². The van der Waals surface area contributed by atoms with Gasteiger partial charge in [-0.1, -0.05) is 82.0 Å². The summed E-state index contributed by atoms with van der Waals surface area (Å²) < 4.78 is 73.2. The van der Waals surface area contributed by atoms with E-state index < -0.39 is 24.0 Å². The van der Waals surface area contributed by atoms with Gasteiger partial charge in [0.05, 0.1) is 22.5 Å². The lowest BCUT2D eigenvalue weighted by Crippen LogP contribution is -2.43. The molecule has 0 radical (unpaired) electrons. The van der Waals surface area contributed by atoms with E-state index in [4.69, 9.17) is 22.3 Å². The molecule has 4 unspecified atom stereocenters. The highest BCUT2D eigenvalue weighted by molar-refractivity contribution is 6.03. The fourth-order valence-corrected chi connectivity index (χ4v) is 12.2. The van der Waals surface area contributed by atoms with E-state index in [0.717, 1.165) is 49.5 Å². The first-order valence-corrected chi connectivity index (χ1v) is 25.7. The smallest absolute Gasteiger partial charge is 0.317 e. The minimum absolute atomic E-state index is 0.00616. The standard InChI is InChI=1S/C30H28F2N4O2.C30H28F2N4O/c1-4-18-7-5-8-19-11-21(37)12-22(24(18)19)27-25(32)28-23(14-33-27)26(17(2)3)34-29(35-28)38-16-30-9-6-10-36(30)15-20(31)13-30;1-4-19-8-5-9-20-10-6-11-22(24(19)20)27-25(32)28-23(15-33-27)26(18(2)3)34-29(35-28)37-17-30-12-7-13-36(30)16-21(31)14-30/h1,5,7-8,11-12,14,17,20,37H,6,9-10,13,15-16H2,2-3H3;1,5-6,8-11,15,18,21H,7,12-14,16-17H2,2-3H3. The average Bonchev–Trinajstić information content (AvgIpc) is 4.16. The maximum atomic E-state index is 16.3. The Hall–Kier alpha value is -7.46. The number of alkyl halides is 2. The summed E-state index contributed by atoms with van der Waals surface area (Å²) in [6.45, 7) is 11.0. The van der Waals surface area contributed by atoms with Gasteiger partial charge in [0, 0.05) is 82.1 Å². The van der Waals surface area contributed by atoms with E-state index in [1.165, 1.54) is 6.07 Å². The number of aromatic nitrogens is 6. The molecule has 4 aliphatic rings. The summed E-state index contributed by atoms with van der Waals surface area (Å²) in [7, 11) is 0. The number of aromatic hydroxyl groups is 1. The summed E-state index contributed by atoms with van der Waals surface area (Å²) in [5, 5.41) is 14.4. The van der Waals surface area contributed by atoms with Crippen LogP contribution in [0.4, 0.5) is 17.6 Å². The van der Waals surface area contributed by atoms with Gasteiger partial charge in [-0.2, -0.15) is 19.9 Å². The van der Waals surface area contributed by atoms with Gasteiger partial charge in [0.1, 0.15) is 53.7 Å². The third-order valence-corrected chi connectivity index (χ3v) is 15.6. The summed E-state index contributed by atoms with van der Waals surface area (Å²) in [5.41, 5.74) is 3.23. The number of fused-ring (bicyclic) bond motifs is 6. The normalized spacial score (nSPS) is 21.4. The number of phenols is 1. The van der Waals surface area contributed by atoms with Crippen LogP contribution in [0.15, 0.2) is 79.1 Å². The van der Waals surface area contributed by atoms with E-state index in [-0.39, 0.29) is 76.3 Å². The van der Waals surface area contributed by atoms with Gasteiger partial charge in [-0.15, -0.1) is 12.8 Å². The Morgan fingerprint density at radius 1 is 0.653 bits per heavy atom. The minimum atomic E-state index is -0.876. The molecule has 8 heterocycles. The molecule has 1 N–H and O–H groups in total. The number of terminal acetylenes is 2. The van der Waals surface area contributed by atoms with E-state index in [1.807, 2.05) is 64.1 Å². The van der Waals surface area contributed by atoms with Gasteiger partial charge in [0.15, 0.2) is 11.6 Å². The highest BCUT2D eigenvalue weighted by Crippen LogP contribution is 2.43. The Balaban J connectivity index is 0.000000161. The molecular weight excluding hydrogens is 957 g/mol. The van der Waals surface area contributed by atoms with E-state index in [1.54, 1.807) is 36.7 Å². The average molecular weight is 1010 g/mol. The molecule has 4 aliphatic heterocycles. The van der Waals surface area contributed by atoms with Crippen molar-refractivity contribution in [1.29, 1.82) is 0 Å². The van der Waals surface area contributed by atoms with Crippen LogP contribution in [0.5, 0.6) is 17.8 Å². The molecule has 0 spiro atoms. The molecule has 0 bridgehead atoms. The number of rotatable bonds is 10. The summed E-state index contributed by atoms with van der Waals surface area (Å²) in [4.78, 5) is 31.5. The second-order valence-electron chi connectivity index (χ2n) is 21.1. The van der Waals surface area contributed by atoms with Crippen LogP contribution < -0.4 is 9.47 Å². The SMILES string of the molecule is C#Cc1cccc2cc(O)cc(-c3ncc4c(C(C)C)nc(OCC56CCCN5CC(F)C6)nc4c3F)c12.C#Cc1cccc2cccc(-c3ncc4c(C(C)C)nc(OCC56CCCN5CC(F)C6)nc4c3F)c12. The molecule has 4 aromatic carbocycles. The van der Waals surface area contributed by atoms with Gasteiger partial charge in [0.25, 0.3) is 0 Å². The van der Waals surface area contributed by atoms with E-state index in [2.05, 4.69) is 51.5 Å². The Morgan fingerprint density at radius 2 is 1.12 bits per heavy atom. The Labute approximate surface area is 432 Å². The molecule has 8 aromatic rings. The van der Waals surface area contributed by atoms with E-state index >= 15 is 8.78 Å². The first-order valence-electron chi connectivity index (χ1n) is 25.7. The highest BCUT2D eigenvalue weighted by atomic mass is 19.1. The van der Waals surface area contributed by atoms with Crippen molar-refractivity contribution in [3.05, 3.63) is 113 Å². The van der Waals surface area contributed by atoms with Crippen molar-refractivity contribution in [2.75, 3.05) is 39.4 Å². The topological polar surface area (TPSA) is 123 Å². The fraction of sp³-hybridized carbons (Fsp3) is 0.367. The summed E-state index contributed by atoms with van der Waals surface area (Å²) >= 11 is 0. The largest absolute Gasteiger partial charge is 0.508 e. The van der Waals surface area contributed by atoms with Gasteiger partial charge >= 0.3 is 12.0 Å².